The van der Waals surface area contributed by atoms with Crippen LogP contribution in [0.3, 0.4) is 0 Å². The van der Waals surface area contributed by atoms with E-state index in [4.69, 9.17) is 4.74 Å². The van der Waals surface area contributed by atoms with Crippen molar-refractivity contribution in [1.29, 1.82) is 0 Å². The molecule has 2 aliphatic rings. The smallest absolute Gasteiger partial charge is 0.228 e. The Morgan fingerprint density at radius 3 is 2.22 bits per heavy atom. The molecule has 0 saturated heterocycles. The lowest BCUT2D eigenvalue weighted by Crippen LogP contribution is -2.42. The van der Waals surface area contributed by atoms with Crippen LogP contribution in [0, 0.1) is 17.8 Å². The Bertz CT molecular complexity index is 622. The first-order valence-electron chi connectivity index (χ1n) is 10.4. The lowest BCUT2D eigenvalue weighted by Gasteiger charge is -2.31. The molecule has 2 saturated carbocycles. The van der Waals surface area contributed by atoms with Gasteiger partial charge in [-0.3, -0.25) is 4.79 Å². The van der Waals surface area contributed by atoms with E-state index in [1.54, 1.807) is 0 Å². The lowest BCUT2D eigenvalue weighted by molar-refractivity contribution is -0.313. The third-order valence-corrected chi connectivity index (χ3v) is 6.05. The Kier molecular flexibility index (Phi) is 7.13. The summed E-state index contributed by atoms with van der Waals surface area (Å²) < 4.78 is 5.83. The molecule has 148 valence electrons. The van der Waals surface area contributed by atoms with Gasteiger partial charge < -0.3 is 20.0 Å². The topological polar surface area (TPSA) is 78.5 Å². The summed E-state index contributed by atoms with van der Waals surface area (Å²) >= 11 is 0. The molecule has 0 radical (unpaired) electrons. The standard InChI is InChI=1S/C22H31NO4/c24-21(19-8-4-5-9-20(19)22(25)26)23-17-10-12-18(13-11-17)27-15-14-16-6-2-1-3-7-16/h10-13,16,19-20H,1-9,14-15H2,(H,23,24)(H,25,26)/p-1/t19-,20+/m1/s1. The van der Waals surface area contributed by atoms with Gasteiger partial charge in [-0.15, -0.1) is 0 Å². The first-order valence-corrected chi connectivity index (χ1v) is 10.4. The Morgan fingerprint density at radius 2 is 1.56 bits per heavy atom. The number of carboxylic acids is 1. The number of aliphatic carboxylic acids is 1. The largest absolute Gasteiger partial charge is 0.550 e. The highest BCUT2D eigenvalue weighted by molar-refractivity contribution is 5.95. The van der Waals surface area contributed by atoms with Gasteiger partial charge in [-0.25, -0.2) is 0 Å². The second-order valence-electron chi connectivity index (χ2n) is 7.97. The van der Waals surface area contributed by atoms with Gasteiger partial charge >= 0.3 is 0 Å². The summed E-state index contributed by atoms with van der Waals surface area (Å²) in [6, 6.07) is 7.33. The number of carbonyl (C=O) groups is 2. The average Bonchev–Trinajstić information content (AvgIpc) is 2.70. The maximum Gasteiger partial charge on any atom is 0.228 e. The molecule has 0 aliphatic heterocycles. The van der Waals surface area contributed by atoms with E-state index in [-0.39, 0.29) is 5.91 Å². The molecular weight excluding hydrogens is 342 g/mol. The number of carboxylic acid groups (broad SMARTS) is 1. The number of benzene rings is 1. The quantitative estimate of drug-likeness (QED) is 0.794. The summed E-state index contributed by atoms with van der Waals surface area (Å²) in [7, 11) is 0. The van der Waals surface area contributed by atoms with Crippen LogP contribution in [0.4, 0.5) is 5.69 Å². The van der Waals surface area contributed by atoms with Crippen molar-refractivity contribution in [2.75, 3.05) is 11.9 Å². The molecular formula is C22H30NO4-. The number of nitrogens with one attached hydrogen (secondary N) is 1. The van der Waals surface area contributed by atoms with Gasteiger partial charge in [0.15, 0.2) is 0 Å². The Balaban J connectivity index is 1.46. The summed E-state index contributed by atoms with van der Waals surface area (Å²) in [6.45, 7) is 0.728. The zero-order valence-electron chi connectivity index (χ0n) is 16.0. The van der Waals surface area contributed by atoms with Crippen molar-refractivity contribution in [2.45, 2.75) is 64.2 Å². The molecule has 0 bridgehead atoms. The summed E-state index contributed by atoms with van der Waals surface area (Å²) in [5, 5.41) is 14.1. The van der Waals surface area contributed by atoms with E-state index >= 15 is 0 Å². The number of anilines is 1. The highest BCUT2D eigenvalue weighted by atomic mass is 16.5. The molecule has 0 spiro atoms. The van der Waals surface area contributed by atoms with Crippen LogP contribution in [0.25, 0.3) is 0 Å². The summed E-state index contributed by atoms with van der Waals surface area (Å²) in [5.41, 5.74) is 0.669. The highest BCUT2D eigenvalue weighted by Gasteiger charge is 2.31. The van der Waals surface area contributed by atoms with E-state index in [1.165, 1.54) is 32.1 Å². The number of rotatable bonds is 7. The van der Waals surface area contributed by atoms with E-state index in [0.29, 0.717) is 18.5 Å². The van der Waals surface area contributed by atoms with Crippen LogP contribution in [0.5, 0.6) is 5.75 Å². The van der Waals surface area contributed by atoms with Crippen LogP contribution < -0.4 is 15.2 Å². The molecule has 5 nitrogen and oxygen atoms in total. The van der Waals surface area contributed by atoms with Gasteiger partial charge in [0, 0.05) is 23.5 Å². The molecule has 0 heterocycles. The van der Waals surface area contributed by atoms with E-state index in [1.807, 2.05) is 24.3 Å². The van der Waals surface area contributed by atoms with Gasteiger partial charge in [0.1, 0.15) is 5.75 Å². The zero-order chi connectivity index (χ0) is 19.1. The van der Waals surface area contributed by atoms with Crippen LogP contribution in [0.1, 0.15) is 64.2 Å². The minimum atomic E-state index is -1.11. The van der Waals surface area contributed by atoms with Crippen LogP contribution in [-0.2, 0) is 9.59 Å². The summed E-state index contributed by atoms with van der Waals surface area (Å²) in [4.78, 5) is 23.8. The third kappa shape index (κ3) is 5.72. The molecule has 27 heavy (non-hydrogen) atoms. The van der Waals surface area contributed by atoms with Gasteiger partial charge in [-0.1, -0.05) is 44.9 Å². The molecule has 5 heteroatoms. The second kappa shape index (κ2) is 9.77. The molecule has 1 aromatic rings. The van der Waals surface area contributed by atoms with E-state index in [2.05, 4.69) is 5.32 Å². The van der Waals surface area contributed by atoms with Crippen molar-refractivity contribution in [3.8, 4) is 5.75 Å². The molecule has 2 fully saturated rings. The van der Waals surface area contributed by atoms with Crippen molar-refractivity contribution in [1.82, 2.24) is 0 Å². The minimum absolute atomic E-state index is 0.227. The van der Waals surface area contributed by atoms with E-state index in [9.17, 15) is 14.7 Å². The fraction of sp³-hybridized carbons (Fsp3) is 0.636. The van der Waals surface area contributed by atoms with Gasteiger partial charge in [0.05, 0.1) is 6.61 Å². The molecule has 1 amide bonds. The lowest BCUT2D eigenvalue weighted by atomic mass is 9.78. The van der Waals surface area contributed by atoms with Gasteiger partial charge in [0.2, 0.25) is 5.91 Å². The van der Waals surface area contributed by atoms with Crippen molar-refractivity contribution in [2.24, 2.45) is 17.8 Å². The molecule has 2 atom stereocenters. The average molecular weight is 372 g/mol. The zero-order valence-corrected chi connectivity index (χ0v) is 16.0. The summed E-state index contributed by atoms with van der Waals surface area (Å²) in [5.74, 6) is -0.929. The van der Waals surface area contributed by atoms with Crippen molar-refractivity contribution in [3.63, 3.8) is 0 Å². The molecule has 1 aromatic carbocycles. The van der Waals surface area contributed by atoms with E-state index < -0.39 is 17.8 Å². The van der Waals surface area contributed by atoms with Crippen LogP contribution >= 0.6 is 0 Å². The van der Waals surface area contributed by atoms with Gasteiger partial charge in [-0.05, 0) is 49.4 Å². The first-order chi connectivity index (χ1) is 13.1. The predicted octanol–water partition coefficient (Wildman–Crippen LogP) is 3.53. The fourth-order valence-corrected chi connectivity index (χ4v) is 4.42. The Morgan fingerprint density at radius 1 is 0.926 bits per heavy atom. The SMILES string of the molecule is O=C([O-])[C@H]1CCCC[C@H]1C(=O)Nc1ccc(OCCC2CCCCC2)cc1. The number of ether oxygens (including phenoxy) is 1. The van der Waals surface area contributed by atoms with Crippen LogP contribution in [0.15, 0.2) is 24.3 Å². The second-order valence-corrected chi connectivity index (χ2v) is 7.97. The first kappa shape index (κ1) is 19.7. The van der Waals surface area contributed by atoms with Gasteiger partial charge in [0.25, 0.3) is 0 Å². The van der Waals surface area contributed by atoms with Crippen molar-refractivity contribution >= 4 is 17.6 Å². The molecule has 1 N–H and O–H groups in total. The maximum atomic E-state index is 12.5. The van der Waals surface area contributed by atoms with Gasteiger partial charge in [-0.2, -0.15) is 0 Å². The molecule has 3 rings (SSSR count). The monoisotopic (exact) mass is 372 g/mol. The number of hydrogen-bond acceptors (Lipinski definition) is 4. The number of hydrogen-bond donors (Lipinski definition) is 1. The van der Waals surface area contributed by atoms with E-state index in [0.717, 1.165) is 37.5 Å². The summed E-state index contributed by atoms with van der Waals surface area (Å²) in [6.07, 6.45) is 10.7. The van der Waals surface area contributed by atoms with Crippen molar-refractivity contribution in [3.05, 3.63) is 24.3 Å². The maximum absolute atomic E-state index is 12.5. The molecule has 0 aromatic heterocycles. The molecule has 0 unspecified atom stereocenters. The minimum Gasteiger partial charge on any atom is -0.550 e. The fourth-order valence-electron chi connectivity index (χ4n) is 4.42. The Labute approximate surface area is 161 Å². The molecule has 2 aliphatic carbocycles. The number of carbonyl (C=O) groups excluding carboxylic acids is 2. The number of amides is 1. The highest BCUT2D eigenvalue weighted by Crippen LogP contribution is 2.31. The van der Waals surface area contributed by atoms with Crippen molar-refractivity contribution < 1.29 is 19.4 Å². The Hall–Kier alpha value is -2.04. The predicted molar refractivity (Wildman–Crippen MR) is 102 cm³/mol. The van der Waals surface area contributed by atoms with Crippen LogP contribution in [0.2, 0.25) is 0 Å². The van der Waals surface area contributed by atoms with Crippen LogP contribution in [-0.4, -0.2) is 18.5 Å². The normalized spacial score (nSPS) is 23.6. The third-order valence-electron chi connectivity index (χ3n) is 6.05.